The second-order valence-corrected chi connectivity index (χ2v) is 7.27. The Morgan fingerprint density at radius 3 is 2.21 bits per heavy atom. The number of hydrogen-bond acceptors (Lipinski definition) is 7. The van der Waals surface area contributed by atoms with E-state index in [0.29, 0.717) is 40.5 Å². The average molecular weight is 400 g/mol. The highest BCUT2D eigenvalue weighted by Crippen LogP contribution is 2.52. The topological polar surface area (TPSA) is 83.5 Å². The molecule has 0 saturated carbocycles. The lowest BCUT2D eigenvalue weighted by Crippen LogP contribution is -2.46. The van der Waals surface area contributed by atoms with E-state index in [9.17, 15) is 9.90 Å². The van der Waals surface area contributed by atoms with Crippen molar-refractivity contribution in [3.63, 3.8) is 0 Å². The predicted octanol–water partition coefficient (Wildman–Crippen LogP) is 2.30. The lowest BCUT2D eigenvalue weighted by atomic mass is 9.64. The molecule has 0 aromatic heterocycles. The molecule has 7 heteroatoms. The van der Waals surface area contributed by atoms with Crippen molar-refractivity contribution in [1.29, 1.82) is 0 Å². The van der Waals surface area contributed by atoms with Crippen LogP contribution in [0, 0.1) is 11.8 Å². The highest BCUT2D eigenvalue weighted by Gasteiger charge is 2.56. The molecule has 2 aromatic rings. The van der Waals surface area contributed by atoms with E-state index in [1.807, 2.05) is 6.07 Å². The fourth-order valence-corrected chi connectivity index (χ4v) is 4.56. The van der Waals surface area contributed by atoms with Crippen molar-refractivity contribution < 1.29 is 33.6 Å². The number of carbonyl (C=O) groups excluding carboxylic acids is 1. The Balaban J connectivity index is 1.98. The van der Waals surface area contributed by atoms with E-state index in [0.717, 1.165) is 5.56 Å². The van der Waals surface area contributed by atoms with Gasteiger partial charge in [0.2, 0.25) is 0 Å². The molecule has 1 aliphatic carbocycles. The molecule has 1 aliphatic heterocycles. The maximum Gasteiger partial charge on any atom is 0.313 e. The third kappa shape index (κ3) is 2.80. The van der Waals surface area contributed by atoms with Crippen molar-refractivity contribution in [2.75, 3.05) is 35.0 Å². The van der Waals surface area contributed by atoms with Gasteiger partial charge in [-0.1, -0.05) is 6.07 Å². The van der Waals surface area contributed by atoms with Gasteiger partial charge in [-0.25, -0.2) is 0 Å². The lowest BCUT2D eigenvalue weighted by molar-refractivity contribution is -0.148. The lowest BCUT2D eigenvalue weighted by Gasteiger charge is -2.41. The number of carbonyl (C=O) groups is 1. The number of rotatable bonds is 5. The Kier molecular flexibility index (Phi) is 4.78. The molecule has 7 nitrogen and oxygen atoms in total. The third-order valence-corrected chi connectivity index (χ3v) is 5.94. The zero-order chi connectivity index (χ0) is 20.8. The number of methoxy groups -OCH3 is 4. The first-order valence-electron chi connectivity index (χ1n) is 9.34. The SMILES string of the molecule is COc1ccc([C@]2(O)c3cc(OC)c(OC)cc3C[C@H]3COC(=O)[C@H]32)cc1OC. The summed E-state index contributed by atoms with van der Waals surface area (Å²) >= 11 is 0. The Labute approximate surface area is 169 Å². The van der Waals surface area contributed by atoms with E-state index in [4.69, 9.17) is 23.7 Å². The first kappa shape index (κ1) is 19.4. The number of esters is 1. The molecule has 1 saturated heterocycles. The highest BCUT2D eigenvalue weighted by atomic mass is 16.5. The minimum absolute atomic E-state index is 0.147. The van der Waals surface area contributed by atoms with Gasteiger partial charge < -0.3 is 28.8 Å². The van der Waals surface area contributed by atoms with E-state index in [1.165, 1.54) is 14.2 Å². The first-order chi connectivity index (χ1) is 14.0. The molecular formula is C22H24O7. The van der Waals surface area contributed by atoms with Crippen LogP contribution in [0.5, 0.6) is 23.0 Å². The molecule has 1 heterocycles. The van der Waals surface area contributed by atoms with Crippen LogP contribution in [-0.4, -0.2) is 46.1 Å². The Morgan fingerprint density at radius 1 is 0.931 bits per heavy atom. The Bertz CT molecular complexity index is 954. The molecule has 1 fully saturated rings. The van der Waals surface area contributed by atoms with Crippen LogP contribution >= 0.6 is 0 Å². The van der Waals surface area contributed by atoms with Gasteiger partial charge in [-0.05, 0) is 47.4 Å². The van der Waals surface area contributed by atoms with Crippen LogP contribution in [0.25, 0.3) is 0 Å². The summed E-state index contributed by atoms with van der Waals surface area (Å²) < 4.78 is 27.0. The van der Waals surface area contributed by atoms with Gasteiger partial charge in [0.25, 0.3) is 0 Å². The van der Waals surface area contributed by atoms with Crippen LogP contribution < -0.4 is 18.9 Å². The summed E-state index contributed by atoms with van der Waals surface area (Å²) in [5.41, 5.74) is 0.407. The number of hydrogen-bond donors (Lipinski definition) is 1. The van der Waals surface area contributed by atoms with Gasteiger partial charge in [0.1, 0.15) is 11.5 Å². The average Bonchev–Trinajstić information content (AvgIpc) is 3.13. The minimum Gasteiger partial charge on any atom is -0.493 e. The molecule has 1 N–H and O–H groups in total. The summed E-state index contributed by atoms with van der Waals surface area (Å²) in [7, 11) is 6.18. The van der Waals surface area contributed by atoms with Crippen molar-refractivity contribution >= 4 is 5.97 Å². The van der Waals surface area contributed by atoms with Gasteiger partial charge in [-0.3, -0.25) is 4.79 Å². The van der Waals surface area contributed by atoms with Crippen LogP contribution in [0.3, 0.4) is 0 Å². The van der Waals surface area contributed by atoms with Crippen molar-refractivity contribution in [3.05, 3.63) is 47.0 Å². The quantitative estimate of drug-likeness (QED) is 0.771. The van der Waals surface area contributed by atoms with Gasteiger partial charge in [0.05, 0.1) is 35.0 Å². The number of benzene rings is 2. The van der Waals surface area contributed by atoms with Gasteiger partial charge in [0, 0.05) is 5.92 Å². The zero-order valence-electron chi connectivity index (χ0n) is 16.9. The van der Waals surface area contributed by atoms with Crippen LogP contribution in [0.1, 0.15) is 16.7 Å². The number of fused-ring (bicyclic) bond motifs is 2. The first-order valence-corrected chi connectivity index (χ1v) is 9.34. The molecule has 4 rings (SSSR count). The third-order valence-electron chi connectivity index (χ3n) is 5.94. The zero-order valence-corrected chi connectivity index (χ0v) is 16.9. The molecule has 0 spiro atoms. The summed E-state index contributed by atoms with van der Waals surface area (Å²) in [6.45, 7) is 0.271. The number of ether oxygens (including phenoxy) is 5. The fraction of sp³-hybridized carbons (Fsp3) is 0.409. The molecule has 2 aromatic carbocycles. The van der Waals surface area contributed by atoms with Crippen LogP contribution in [0.2, 0.25) is 0 Å². The molecule has 0 amide bonds. The maximum atomic E-state index is 12.7. The standard InChI is InChI=1S/C22H24O7/c1-25-16-6-5-14(9-18(16)27-3)22(24)15-10-19(28-4)17(26-2)8-12(15)7-13-11-29-21(23)20(13)22/h5-6,8-10,13,20,24H,7,11H2,1-4H3/t13-,20-,22-/m0/s1. The predicted molar refractivity (Wildman–Crippen MR) is 104 cm³/mol. The van der Waals surface area contributed by atoms with Crippen molar-refractivity contribution in [2.45, 2.75) is 12.0 Å². The molecule has 0 bridgehead atoms. The molecule has 0 radical (unpaired) electrons. The Morgan fingerprint density at radius 2 is 1.55 bits per heavy atom. The number of aliphatic hydroxyl groups is 1. The summed E-state index contributed by atoms with van der Waals surface area (Å²) in [5, 5.41) is 12.1. The van der Waals surface area contributed by atoms with Gasteiger partial charge in [0.15, 0.2) is 23.0 Å². The van der Waals surface area contributed by atoms with E-state index in [1.54, 1.807) is 38.5 Å². The van der Waals surface area contributed by atoms with E-state index in [-0.39, 0.29) is 12.5 Å². The van der Waals surface area contributed by atoms with Gasteiger partial charge in [-0.15, -0.1) is 0 Å². The van der Waals surface area contributed by atoms with Crippen molar-refractivity contribution in [1.82, 2.24) is 0 Å². The fourth-order valence-electron chi connectivity index (χ4n) is 4.56. The van der Waals surface area contributed by atoms with Gasteiger partial charge in [-0.2, -0.15) is 0 Å². The molecule has 154 valence electrons. The normalized spacial score (nSPS) is 24.9. The van der Waals surface area contributed by atoms with Gasteiger partial charge >= 0.3 is 5.97 Å². The molecule has 3 atom stereocenters. The molecule has 2 aliphatic rings. The summed E-state index contributed by atoms with van der Waals surface area (Å²) in [6, 6.07) is 8.77. The van der Waals surface area contributed by atoms with Crippen LogP contribution in [-0.2, 0) is 21.6 Å². The second kappa shape index (κ2) is 7.15. The summed E-state index contributed by atoms with van der Waals surface area (Å²) in [4.78, 5) is 12.7. The summed E-state index contributed by atoms with van der Waals surface area (Å²) in [5.74, 6) is 0.771. The molecular weight excluding hydrogens is 376 g/mol. The second-order valence-electron chi connectivity index (χ2n) is 7.27. The molecule has 0 unspecified atom stereocenters. The number of cyclic esters (lactones) is 1. The van der Waals surface area contributed by atoms with Crippen molar-refractivity contribution in [3.8, 4) is 23.0 Å². The highest BCUT2D eigenvalue weighted by molar-refractivity contribution is 5.79. The smallest absolute Gasteiger partial charge is 0.313 e. The van der Waals surface area contributed by atoms with E-state index < -0.39 is 17.5 Å². The van der Waals surface area contributed by atoms with E-state index in [2.05, 4.69) is 0 Å². The Hall–Kier alpha value is -2.93. The van der Waals surface area contributed by atoms with Crippen LogP contribution in [0.4, 0.5) is 0 Å². The van der Waals surface area contributed by atoms with Crippen LogP contribution in [0.15, 0.2) is 30.3 Å². The maximum absolute atomic E-state index is 12.7. The monoisotopic (exact) mass is 400 g/mol. The largest absolute Gasteiger partial charge is 0.493 e. The summed E-state index contributed by atoms with van der Waals surface area (Å²) in [6.07, 6.45) is 0.599. The minimum atomic E-state index is -1.61. The molecule has 29 heavy (non-hydrogen) atoms. The van der Waals surface area contributed by atoms with E-state index >= 15 is 0 Å². The van der Waals surface area contributed by atoms with Crippen molar-refractivity contribution in [2.24, 2.45) is 11.8 Å².